The summed E-state index contributed by atoms with van der Waals surface area (Å²) < 4.78 is 19.4. The quantitative estimate of drug-likeness (QED) is 0.0983. The molecule has 1 aromatic heterocycles. The molecule has 3 fully saturated rings. The highest BCUT2D eigenvalue weighted by Crippen LogP contribution is 2.66. The van der Waals surface area contributed by atoms with E-state index in [-0.39, 0.29) is 25.4 Å². The summed E-state index contributed by atoms with van der Waals surface area (Å²) in [6.45, 7) is 4.29. The van der Waals surface area contributed by atoms with Gasteiger partial charge < -0.3 is 29.5 Å². The van der Waals surface area contributed by atoms with Gasteiger partial charge in [-0.1, -0.05) is 135 Å². The van der Waals surface area contributed by atoms with Crippen LogP contribution in [0.25, 0.3) is 11.0 Å². The summed E-state index contributed by atoms with van der Waals surface area (Å²) in [7, 11) is 1.23. The Morgan fingerprint density at radius 2 is 1.50 bits per heavy atom. The predicted octanol–water partition coefficient (Wildman–Crippen LogP) is 7.22. The Bertz CT molecular complexity index is 3110. The van der Waals surface area contributed by atoms with Gasteiger partial charge in [-0.05, 0) is 83.5 Å². The molecule has 5 aromatic carbocycles. The number of hydrogen-bond donors (Lipinski definition) is 2. The molecule has 16 nitrogen and oxygen atoms in total. The number of aromatic nitrogens is 3. The van der Waals surface area contributed by atoms with E-state index >= 15 is 19.2 Å². The fourth-order valence-electron chi connectivity index (χ4n) is 11.6. The van der Waals surface area contributed by atoms with Gasteiger partial charge in [0.2, 0.25) is 11.8 Å². The third kappa shape index (κ3) is 8.93. The molecular formula is C58H59N7O9. The van der Waals surface area contributed by atoms with Gasteiger partial charge in [0.05, 0.1) is 42.9 Å². The van der Waals surface area contributed by atoms with Crippen LogP contribution in [-0.2, 0) is 40.6 Å². The molecule has 7 atom stereocenters. The average Bonchev–Trinajstić information content (AvgIpc) is 4.13. The number of imide groups is 1. The number of nitrogens with one attached hydrogen (secondary N) is 1. The molecule has 3 saturated heterocycles. The van der Waals surface area contributed by atoms with Crippen molar-refractivity contribution in [3.8, 4) is 17.6 Å². The maximum absolute atomic E-state index is 16.9. The number of aliphatic hydroxyl groups is 1. The van der Waals surface area contributed by atoms with Crippen molar-refractivity contribution in [3.05, 3.63) is 155 Å². The highest BCUT2D eigenvalue weighted by molar-refractivity contribution is 6.25. The zero-order chi connectivity index (χ0) is 51.5. The van der Waals surface area contributed by atoms with Crippen molar-refractivity contribution in [3.63, 3.8) is 0 Å². The van der Waals surface area contributed by atoms with Crippen molar-refractivity contribution in [1.82, 2.24) is 30.1 Å². The normalized spacial score (nSPS) is 23.0. The Hall–Kier alpha value is -7.87. The van der Waals surface area contributed by atoms with E-state index in [4.69, 9.17) is 14.2 Å². The van der Waals surface area contributed by atoms with Gasteiger partial charge >= 0.3 is 18.0 Å². The minimum atomic E-state index is -2.04. The number of ether oxygens (including phenoxy) is 3. The van der Waals surface area contributed by atoms with E-state index in [0.29, 0.717) is 46.6 Å². The molecule has 2 N–H and O–H groups in total. The van der Waals surface area contributed by atoms with E-state index in [1.807, 2.05) is 102 Å². The largest absolute Gasteiger partial charge is 0.491 e. The van der Waals surface area contributed by atoms with Gasteiger partial charge in [0.25, 0.3) is 0 Å². The zero-order valence-electron chi connectivity index (χ0n) is 41.6. The molecule has 6 aromatic rings. The van der Waals surface area contributed by atoms with Gasteiger partial charge in [-0.2, -0.15) is 0 Å². The summed E-state index contributed by atoms with van der Waals surface area (Å²) in [6, 6.07) is 33.4. The van der Waals surface area contributed by atoms with Crippen LogP contribution in [0.3, 0.4) is 0 Å². The molecule has 4 aliphatic rings. The Kier molecular flexibility index (Phi) is 14.3. The Labute approximate surface area is 429 Å². The molecule has 7 unspecified atom stereocenters. The second-order valence-electron chi connectivity index (χ2n) is 19.6. The number of nitrogens with zero attached hydrogens (tertiary/aromatic N) is 6. The number of carbonyl (C=O) groups excluding carboxylic acids is 5. The second-order valence-corrected chi connectivity index (χ2v) is 19.6. The van der Waals surface area contributed by atoms with E-state index in [1.54, 1.807) is 53.8 Å². The maximum Gasteiger partial charge on any atom is 0.329 e. The molecule has 16 heteroatoms. The number of carbonyl (C=O) groups is 5. The van der Waals surface area contributed by atoms with Crippen LogP contribution in [-0.4, -0.2) is 105 Å². The van der Waals surface area contributed by atoms with Gasteiger partial charge in [0.15, 0.2) is 0 Å². The first-order valence-electron chi connectivity index (χ1n) is 25.4. The SMILES string of the molecule is COC(=O)C(NC(=O)N1C(=O)C2(c3cc(C#CCn4nnc5ccccc54)ccc31)C(C(=O)N1CCCCCCC1)C1C(=O)OC(c3ccccc3)C(c3ccccc3)N1C2c1ccc(OCCO)cc1)C(C)C. The van der Waals surface area contributed by atoms with Crippen LogP contribution < -0.4 is 15.0 Å². The van der Waals surface area contributed by atoms with Crippen LogP contribution in [0.5, 0.6) is 5.75 Å². The van der Waals surface area contributed by atoms with E-state index in [1.165, 1.54) is 7.11 Å². The van der Waals surface area contributed by atoms with Crippen LogP contribution in [0.2, 0.25) is 0 Å². The third-order valence-electron chi connectivity index (χ3n) is 14.9. The van der Waals surface area contributed by atoms with E-state index in [0.717, 1.165) is 48.1 Å². The highest BCUT2D eigenvalue weighted by Gasteiger charge is 2.76. The number of fused-ring (bicyclic) bond motifs is 4. The number of amides is 4. The number of esters is 2. The van der Waals surface area contributed by atoms with Crippen molar-refractivity contribution in [2.45, 2.75) is 88.2 Å². The van der Waals surface area contributed by atoms with Crippen molar-refractivity contribution in [1.29, 1.82) is 0 Å². The second kappa shape index (κ2) is 21.3. The fourth-order valence-corrected chi connectivity index (χ4v) is 11.6. The van der Waals surface area contributed by atoms with Gasteiger partial charge in [-0.3, -0.25) is 19.3 Å². The van der Waals surface area contributed by atoms with Crippen LogP contribution in [0.1, 0.15) is 92.0 Å². The lowest BCUT2D eigenvalue weighted by Crippen LogP contribution is -2.58. The van der Waals surface area contributed by atoms with Crippen molar-refractivity contribution in [2.24, 2.45) is 11.8 Å². The smallest absolute Gasteiger partial charge is 0.329 e. The summed E-state index contributed by atoms with van der Waals surface area (Å²) in [5, 5.41) is 21.1. The zero-order valence-corrected chi connectivity index (χ0v) is 41.6. The first kappa shape index (κ1) is 49.7. The molecule has 4 aliphatic heterocycles. The molecule has 1 spiro atoms. The molecule has 0 aliphatic carbocycles. The first-order valence-corrected chi connectivity index (χ1v) is 25.4. The number of benzene rings is 5. The minimum absolute atomic E-state index is 0.0316. The monoisotopic (exact) mass is 997 g/mol. The molecule has 5 heterocycles. The number of cyclic esters (lactones) is 1. The molecule has 4 amide bonds. The standard InChI is InChI=1S/C58H59N7O9/c1-37(2)48(54(68)72-3)59-57(71)64-45-30-25-38(18-17-33-63-46-24-14-13-23-44(46)60-61-63)36-43(45)58(56(64)70)47(53(67)62-31-15-5-4-6-16-32-62)50-55(69)74-51(40-21-11-8-12-22-40)49(39-19-9-7-10-20-39)65(50)52(58)41-26-28-42(29-27-41)73-35-34-66/h7-14,19-30,36-37,47-52,66H,4-6,15-16,31-35H2,1-3H3,(H,59,71). The minimum Gasteiger partial charge on any atom is -0.491 e. The lowest BCUT2D eigenvalue weighted by molar-refractivity contribution is -0.179. The molecule has 0 radical (unpaired) electrons. The van der Waals surface area contributed by atoms with Crippen LogP contribution >= 0.6 is 0 Å². The topological polar surface area (TPSA) is 186 Å². The maximum atomic E-state index is 16.9. The number of para-hydroxylation sites is 1. The Balaban J connectivity index is 1.25. The Morgan fingerprint density at radius 1 is 0.824 bits per heavy atom. The number of hydrogen-bond acceptors (Lipinski definition) is 12. The summed E-state index contributed by atoms with van der Waals surface area (Å²) in [4.78, 5) is 82.3. The molecule has 0 bridgehead atoms. The number of rotatable bonds is 11. The van der Waals surface area contributed by atoms with Gasteiger partial charge in [0.1, 0.15) is 48.0 Å². The molecule has 380 valence electrons. The van der Waals surface area contributed by atoms with Crippen LogP contribution in [0.15, 0.2) is 127 Å². The van der Waals surface area contributed by atoms with E-state index in [2.05, 4.69) is 27.5 Å². The van der Waals surface area contributed by atoms with Crippen LogP contribution in [0.4, 0.5) is 10.5 Å². The number of likely N-dealkylation sites (tertiary alicyclic amines) is 1. The Morgan fingerprint density at radius 3 is 2.19 bits per heavy atom. The highest BCUT2D eigenvalue weighted by atomic mass is 16.6. The summed E-state index contributed by atoms with van der Waals surface area (Å²) in [5.41, 5.74) is 2.41. The van der Waals surface area contributed by atoms with Crippen molar-refractivity contribution in [2.75, 3.05) is 38.3 Å². The van der Waals surface area contributed by atoms with E-state index in [9.17, 15) is 9.90 Å². The number of urea groups is 1. The molecular weight excluding hydrogens is 939 g/mol. The van der Waals surface area contributed by atoms with E-state index < -0.39 is 77.3 Å². The number of anilines is 1. The first-order chi connectivity index (χ1) is 36.1. The summed E-state index contributed by atoms with van der Waals surface area (Å²) in [5.74, 6) is 2.46. The number of aliphatic hydroxyl groups excluding tert-OH is 1. The predicted molar refractivity (Wildman–Crippen MR) is 274 cm³/mol. The molecule has 74 heavy (non-hydrogen) atoms. The van der Waals surface area contributed by atoms with Gasteiger partial charge in [-0.15, -0.1) is 5.10 Å². The van der Waals surface area contributed by atoms with Crippen LogP contribution in [0, 0.1) is 23.7 Å². The number of morpholine rings is 1. The molecule has 0 saturated carbocycles. The number of methoxy groups -OCH3 is 1. The van der Waals surface area contributed by atoms with Gasteiger partial charge in [-0.25, -0.2) is 19.2 Å². The summed E-state index contributed by atoms with van der Waals surface area (Å²) >= 11 is 0. The average molecular weight is 998 g/mol. The third-order valence-corrected chi connectivity index (χ3v) is 14.9. The lowest BCUT2D eigenvalue weighted by atomic mass is 9.64. The fraction of sp³-hybridized carbons (Fsp3) is 0.362. The summed E-state index contributed by atoms with van der Waals surface area (Å²) in [6.07, 6.45) is 3.34. The van der Waals surface area contributed by atoms with Crippen molar-refractivity contribution < 1.29 is 43.3 Å². The van der Waals surface area contributed by atoms with Gasteiger partial charge in [0, 0.05) is 18.7 Å². The van der Waals surface area contributed by atoms with Crippen molar-refractivity contribution >= 4 is 46.5 Å². The lowest BCUT2D eigenvalue weighted by Gasteiger charge is -2.46. The molecule has 10 rings (SSSR count).